The van der Waals surface area contributed by atoms with Crippen LogP contribution in [0.3, 0.4) is 0 Å². The number of halogens is 1. The molecular formula is C28H33ClN4O3. The number of carbonyl (C=O) groups is 2. The minimum atomic E-state index is -0.360. The minimum absolute atomic E-state index is 0.0515. The first-order valence-corrected chi connectivity index (χ1v) is 12.6. The Balaban J connectivity index is 1.56. The van der Waals surface area contributed by atoms with Crippen LogP contribution in [0.4, 0.5) is 10.5 Å². The third kappa shape index (κ3) is 5.91. The number of ether oxygens (including phenoxy) is 1. The fourth-order valence-electron chi connectivity index (χ4n) is 4.51. The molecule has 0 fully saturated rings. The highest BCUT2D eigenvalue weighted by molar-refractivity contribution is 6.30. The van der Waals surface area contributed by atoms with Gasteiger partial charge in [-0.25, -0.2) is 4.79 Å². The first kappa shape index (κ1) is 25.8. The number of nitrogens with one attached hydrogen (secondary N) is 1. The number of hydrogen-bond acceptors (Lipinski definition) is 3. The monoisotopic (exact) mass is 508 g/mol. The predicted molar refractivity (Wildman–Crippen MR) is 142 cm³/mol. The first-order chi connectivity index (χ1) is 17.4. The third-order valence-electron chi connectivity index (χ3n) is 6.55. The number of fused-ring (bicyclic) bond motifs is 1. The quantitative estimate of drug-likeness (QED) is 0.444. The molecule has 0 saturated heterocycles. The molecule has 3 aromatic rings. The van der Waals surface area contributed by atoms with Gasteiger partial charge in [0.15, 0.2) is 0 Å². The van der Waals surface area contributed by atoms with Crippen LogP contribution in [0.2, 0.25) is 5.02 Å². The summed E-state index contributed by atoms with van der Waals surface area (Å²) in [4.78, 5) is 30.2. The summed E-state index contributed by atoms with van der Waals surface area (Å²) < 4.78 is 7.40. The molecule has 1 unspecified atom stereocenters. The molecule has 0 spiro atoms. The molecule has 2 heterocycles. The number of methoxy groups -OCH3 is 1. The Hall–Kier alpha value is -3.29. The number of carbonyl (C=O) groups excluding carboxylic acids is 2. The Kier molecular flexibility index (Phi) is 8.33. The zero-order valence-electron chi connectivity index (χ0n) is 21.0. The highest BCUT2D eigenvalue weighted by Crippen LogP contribution is 2.33. The molecule has 36 heavy (non-hydrogen) atoms. The lowest BCUT2D eigenvalue weighted by Gasteiger charge is -2.38. The lowest BCUT2D eigenvalue weighted by atomic mass is 9.95. The normalized spacial score (nSPS) is 15.0. The van der Waals surface area contributed by atoms with Crippen LogP contribution in [-0.4, -0.2) is 59.7 Å². The Morgan fingerprint density at radius 2 is 1.81 bits per heavy atom. The molecule has 2 aromatic carbocycles. The highest BCUT2D eigenvalue weighted by Gasteiger charge is 2.33. The van der Waals surface area contributed by atoms with E-state index in [1.165, 1.54) is 10.5 Å². The van der Waals surface area contributed by atoms with Crippen LogP contribution in [-0.2, 0) is 16.1 Å². The Morgan fingerprint density at radius 3 is 2.47 bits per heavy atom. The number of nitrogens with zero attached hydrogens (tertiary/aromatic N) is 3. The topological polar surface area (TPSA) is 66.8 Å². The number of rotatable bonds is 8. The fourth-order valence-corrected chi connectivity index (χ4v) is 4.64. The second-order valence-electron chi connectivity index (χ2n) is 9.29. The van der Waals surface area contributed by atoms with Crippen molar-refractivity contribution in [2.75, 3.05) is 38.7 Å². The van der Waals surface area contributed by atoms with Crippen LogP contribution in [0.15, 0.2) is 66.9 Å². The zero-order chi connectivity index (χ0) is 25.7. The lowest BCUT2D eigenvalue weighted by molar-refractivity contribution is -0.134. The largest absolute Gasteiger partial charge is 0.383 e. The minimum Gasteiger partial charge on any atom is -0.383 e. The Labute approximate surface area is 217 Å². The molecule has 8 heteroatoms. The molecule has 0 radical (unpaired) electrons. The van der Waals surface area contributed by atoms with Crippen molar-refractivity contribution < 1.29 is 14.3 Å². The van der Waals surface area contributed by atoms with Crippen LogP contribution in [0, 0.1) is 0 Å². The molecule has 0 saturated carbocycles. The Bertz CT molecular complexity index is 1170. The van der Waals surface area contributed by atoms with E-state index in [1.807, 2.05) is 11.0 Å². The molecule has 0 bridgehead atoms. The van der Waals surface area contributed by atoms with Gasteiger partial charge in [-0.2, -0.15) is 0 Å². The Morgan fingerprint density at radius 1 is 1.08 bits per heavy atom. The van der Waals surface area contributed by atoms with Crippen LogP contribution >= 0.6 is 11.6 Å². The number of anilines is 1. The number of amides is 3. The van der Waals surface area contributed by atoms with E-state index in [0.29, 0.717) is 42.9 Å². The van der Waals surface area contributed by atoms with E-state index in [-0.39, 0.29) is 24.5 Å². The van der Waals surface area contributed by atoms with Gasteiger partial charge in [0.2, 0.25) is 5.91 Å². The van der Waals surface area contributed by atoms with Gasteiger partial charge in [0.25, 0.3) is 0 Å². The van der Waals surface area contributed by atoms with Gasteiger partial charge in [-0.05, 0) is 53.4 Å². The lowest BCUT2D eigenvalue weighted by Crippen LogP contribution is -2.49. The van der Waals surface area contributed by atoms with Crippen LogP contribution in [0.5, 0.6) is 0 Å². The number of hydrogen-bond donors (Lipinski definition) is 1. The second-order valence-corrected chi connectivity index (χ2v) is 9.73. The van der Waals surface area contributed by atoms with Crippen molar-refractivity contribution in [3.05, 3.63) is 88.7 Å². The second kappa shape index (κ2) is 11.6. The summed E-state index contributed by atoms with van der Waals surface area (Å²) in [6.45, 7) is 6.17. The van der Waals surface area contributed by atoms with E-state index in [0.717, 1.165) is 11.3 Å². The maximum atomic E-state index is 13.7. The summed E-state index contributed by atoms with van der Waals surface area (Å²) in [5, 5.41) is 3.44. The molecule has 3 amide bonds. The van der Waals surface area contributed by atoms with Crippen LogP contribution < -0.4 is 5.32 Å². The van der Waals surface area contributed by atoms with Crippen molar-refractivity contribution in [2.24, 2.45) is 0 Å². The molecule has 1 aliphatic heterocycles. The summed E-state index contributed by atoms with van der Waals surface area (Å²) in [7, 11) is 1.58. The van der Waals surface area contributed by atoms with Crippen molar-refractivity contribution in [3.8, 4) is 0 Å². The molecule has 1 N–H and O–H groups in total. The van der Waals surface area contributed by atoms with Crippen molar-refractivity contribution in [1.82, 2.24) is 14.4 Å². The molecule has 190 valence electrons. The van der Waals surface area contributed by atoms with Gasteiger partial charge in [-0.15, -0.1) is 0 Å². The van der Waals surface area contributed by atoms with E-state index in [1.54, 1.807) is 31.4 Å². The maximum absolute atomic E-state index is 13.7. The van der Waals surface area contributed by atoms with Gasteiger partial charge >= 0.3 is 6.03 Å². The van der Waals surface area contributed by atoms with E-state index in [2.05, 4.69) is 60.3 Å². The zero-order valence-corrected chi connectivity index (χ0v) is 21.7. The van der Waals surface area contributed by atoms with Crippen molar-refractivity contribution in [3.63, 3.8) is 0 Å². The molecule has 1 aromatic heterocycles. The van der Waals surface area contributed by atoms with Gasteiger partial charge < -0.3 is 24.4 Å². The van der Waals surface area contributed by atoms with Crippen molar-refractivity contribution in [2.45, 2.75) is 32.4 Å². The molecular weight excluding hydrogens is 476 g/mol. The van der Waals surface area contributed by atoms with E-state index < -0.39 is 0 Å². The summed E-state index contributed by atoms with van der Waals surface area (Å²) in [6, 6.07) is 18.9. The number of urea groups is 1. The van der Waals surface area contributed by atoms with Crippen molar-refractivity contribution in [1.29, 1.82) is 0 Å². The highest BCUT2D eigenvalue weighted by atomic mass is 35.5. The van der Waals surface area contributed by atoms with Crippen LogP contribution in [0.1, 0.15) is 42.6 Å². The predicted octanol–water partition coefficient (Wildman–Crippen LogP) is 5.38. The average molecular weight is 509 g/mol. The van der Waals surface area contributed by atoms with Gasteiger partial charge in [-0.1, -0.05) is 49.7 Å². The van der Waals surface area contributed by atoms with E-state index in [9.17, 15) is 9.59 Å². The van der Waals surface area contributed by atoms with Gasteiger partial charge in [0.05, 0.1) is 12.6 Å². The summed E-state index contributed by atoms with van der Waals surface area (Å²) in [5.74, 6) is 0.322. The molecule has 1 atom stereocenters. The molecule has 0 aliphatic carbocycles. The van der Waals surface area contributed by atoms with Gasteiger partial charge in [0, 0.05) is 49.3 Å². The van der Waals surface area contributed by atoms with E-state index in [4.69, 9.17) is 16.3 Å². The van der Waals surface area contributed by atoms with E-state index >= 15 is 0 Å². The molecule has 4 rings (SSSR count). The smallest absolute Gasteiger partial charge is 0.322 e. The molecule has 1 aliphatic rings. The SMILES string of the molecule is COCCN(CC(=O)N1CCn2cccc2C1c1ccc(C(C)C)cc1)C(=O)Nc1ccc(Cl)cc1. The number of benzene rings is 2. The van der Waals surface area contributed by atoms with Gasteiger partial charge in [-0.3, -0.25) is 4.79 Å². The number of aromatic nitrogens is 1. The molecule has 7 nitrogen and oxygen atoms in total. The van der Waals surface area contributed by atoms with Gasteiger partial charge in [0.1, 0.15) is 6.54 Å². The fraction of sp³-hybridized carbons (Fsp3) is 0.357. The third-order valence-corrected chi connectivity index (χ3v) is 6.80. The summed E-state index contributed by atoms with van der Waals surface area (Å²) >= 11 is 5.96. The summed E-state index contributed by atoms with van der Waals surface area (Å²) in [6.07, 6.45) is 2.05. The first-order valence-electron chi connectivity index (χ1n) is 12.2. The van der Waals surface area contributed by atoms with Crippen molar-refractivity contribution >= 4 is 29.2 Å². The average Bonchev–Trinajstić information content (AvgIpc) is 3.36. The van der Waals surface area contributed by atoms with Crippen LogP contribution in [0.25, 0.3) is 0 Å². The standard InChI is InChI=1S/C28H33ClN4O3/c1-20(2)21-6-8-22(9-7-21)27-25-5-4-14-31(25)15-16-33(27)26(34)19-32(17-18-36-3)28(35)30-24-12-10-23(29)11-13-24/h4-14,20,27H,15-19H2,1-3H3,(H,30,35). The maximum Gasteiger partial charge on any atom is 0.322 e. The summed E-state index contributed by atoms with van der Waals surface area (Å²) in [5.41, 5.74) is 3.99.